The molecule has 1 aromatic carbocycles. The first kappa shape index (κ1) is 18.9. The van der Waals surface area contributed by atoms with Crippen LogP contribution >= 0.6 is 0 Å². The smallest absolute Gasteiger partial charge is 0.276 e. The van der Waals surface area contributed by atoms with E-state index < -0.39 is 6.04 Å². The molecule has 0 saturated carbocycles. The van der Waals surface area contributed by atoms with Gasteiger partial charge in [-0.3, -0.25) is 24.0 Å². The van der Waals surface area contributed by atoms with E-state index in [0.717, 1.165) is 11.4 Å². The zero-order chi connectivity index (χ0) is 19.6. The van der Waals surface area contributed by atoms with Crippen molar-refractivity contribution in [2.24, 2.45) is 7.05 Å². The van der Waals surface area contributed by atoms with Crippen LogP contribution < -0.4 is 16.2 Å². The van der Waals surface area contributed by atoms with Crippen LogP contribution in [0.3, 0.4) is 0 Å². The Morgan fingerprint density at radius 3 is 2.63 bits per heavy atom. The number of rotatable bonds is 5. The van der Waals surface area contributed by atoms with Gasteiger partial charge in [-0.05, 0) is 19.1 Å². The van der Waals surface area contributed by atoms with E-state index in [2.05, 4.69) is 10.6 Å². The minimum absolute atomic E-state index is 0.0705. The summed E-state index contributed by atoms with van der Waals surface area (Å²) in [6, 6.07) is 8.86. The molecule has 0 aliphatic carbocycles. The van der Waals surface area contributed by atoms with E-state index in [9.17, 15) is 14.4 Å². The molecule has 2 amide bonds. The summed E-state index contributed by atoms with van der Waals surface area (Å²) >= 11 is 0. The maximum atomic E-state index is 13.1. The molecule has 1 aromatic heterocycles. The molecule has 2 N–H and O–H groups in total. The molecular formula is C19H25N5O3. The molecule has 1 aliphatic heterocycles. The van der Waals surface area contributed by atoms with E-state index in [1.165, 1.54) is 0 Å². The lowest BCUT2D eigenvalue weighted by atomic mass is 10.1. The van der Waals surface area contributed by atoms with Crippen molar-refractivity contribution in [3.05, 3.63) is 51.9 Å². The highest BCUT2D eigenvalue weighted by atomic mass is 16.2. The molecule has 8 nitrogen and oxygen atoms in total. The Balaban J connectivity index is 1.94. The molecule has 3 rings (SSSR count). The third kappa shape index (κ3) is 3.66. The first-order chi connectivity index (χ1) is 12.9. The number of piperazine rings is 1. The van der Waals surface area contributed by atoms with Crippen molar-refractivity contribution in [1.29, 1.82) is 0 Å². The monoisotopic (exact) mass is 371 g/mol. The number of hydrogen-bond acceptors (Lipinski definition) is 4. The molecule has 8 heteroatoms. The summed E-state index contributed by atoms with van der Waals surface area (Å²) in [4.78, 5) is 39.1. The number of hydrogen-bond donors (Lipinski definition) is 2. The molecule has 27 heavy (non-hydrogen) atoms. The van der Waals surface area contributed by atoms with Crippen LogP contribution in [0.1, 0.15) is 17.7 Å². The topological polar surface area (TPSA) is 88.4 Å². The maximum Gasteiger partial charge on any atom is 0.276 e. The van der Waals surface area contributed by atoms with Gasteiger partial charge in [0.05, 0.1) is 23.7 Å². The Morgan fingerprint density at radius 1 is 1.26 bits per heavy atom. The first-order valence-electron chi connectivity index (χ1n) is 8.99. The summed E-state index contributed by atoms with van der Waals surface area (Å²) in [6.45, 7) is 3.32. The van der Waals surface area contributed by atoms with Crippen molar-refractivity contribution in [2.75, 3.05) is 20.1 Å². The van der Waals surface area contributed by atoms with Gasteiger partial charge in [-0.2, -0.15) is 0 Å². The predicted octanol–water partition coefficient (Wildman–Crippen LogP) is -0.0791. The highest BCUT2D eigenvalue weighted by Gasteiger charge is 2.32. The lowest BCUT2D eigenvalue weighted by Gasteiger charge is -2.34. The van der Waals surface area contributed by atoms with Gasteiger partial charge in [-0.25, -0.2) is 4.68 Å². The normalized spacial score (nSPS) is 17.6. The second kappa shape index (κ2) is 7.79. The van der Waals surface area contributed by atoms with Crippen LogP contribution in [0.2, 0.25) is 0 Å². The quantitative estimate of drug-likeness (QED) is 0.770. The summed E-state index contributed by atoms with van der Waals surface area (Å²) in [6.07, 6.45) is 0.0705. The zero-order valence-corrected chi connectivity index (χ0v) is 15.9. The van der Waals surface area contributed by atoms with Gasteiger partial charge >= 0.3 is 0 Å². The highest BCUT2D eigenvalue weighted by Crippen LogP contribution is 2.16. The molecule has 1 fully saturated rings. The summed E-state index contributed by atoms with van der Waals surface area (Å²) in [5.41, 5.74) is 2.16. The molecule has 1 saturated heterocycles. The van der Waals surface area contributed by atoms with Crippen molar-refractivity contribution in [2.45, 2.75) is 25.9 Å². The van der Waals surface area contributed by atoms with Gasteiger partial charge in [0.1, 0.15) is 0 Å². The van der Waals surface area contributed by atoms with Gasteiger partial charge in [0.25, 0.3) is 5.56 Å². The number of nitrogens with one attached hydrogen (secondary N) is 2. The van der Waals surface area contributed by atoms with E-state index >= 15 is 0 Å². The van der Waals surface area contributed by atoms with Crippen LogP contribution in [0.4, 0.5) is 0 Å². The third-order valence-electron chi connectivity index (χ3n) is 5.13. The van der Waals surface area contributed by atoms with Crippen LogP contribution in [0.15, 0.2) is 35.1 Å². The molecule has 1 aliphatic rings. The Kier molecular flexibility index (Phi) is 5.46. The first-order valence-corrected chi connectivity index (χ1v) is 8.99. The minimum atomic E-state index is -0.581. The van der Waals surface area contributed by atoms with Crippen molar-refractivity contribution < 1.29 is 9.59 Å². The minimum Gasteiger partial charge on any atom is -0.359 e. The second-order valence-corrected chi connectivity index (χ2v) is 6.69. The van der Waals surface area contributed by atoms with Gasteiger partial charge < -0.3 is 10.6 Å². The van der Waals surface area contributed by atoms with E-state index in [0.29, 0.717) is 25.2 Å². The van der Waals surface area contributed by atoms with Crippen LogP contribution in [0.5, 0.6) is 0 Å². The number of amides is 2. The van der Waals surface area contributed by atoms with Gasteiger partial charge in [0.15, 0.2) is 0 Å². The van der Waals surface area contributed by atoms with Gasteiger partial charge in [-0.15, -0.1) is 0 Å². The molecule has 0 spiro atoms. The molecule has 0 bridgehead atoms. The van der Waals surface area contributed by atoms with E-state index in [4.69, 9.17) is 0 Å². The van der Waals surface area contributed by atoms with Crippen molar-refractivity contribution >= 4 is 11.8 Å². The number of carbonyl (C=O) groups excluding carboxylic acids is 2. The van der Waals surface area contributed by atoms with Crippen molar-refractivity contribution in [3.63, 3.8) is 0 Å². The Bertz CT molecular complexity index is 900. The fourth-order valence-corrected chi connectivity index (χ4v) is 3.46. The SMILES string of the molecule is CNC(=O)CC1C(=O)NCCN1Cc1c(C)n(C)n(-c2ccccc2)c1=O. The van der Waals surface area contributed by atoms with E-state index in [1.54, 1.807) is 11.7 Å². The number of nitrogens with zero attached hydrogens (tertiary/aromatic N) is 3. The average Bonchev–Trinajstić information content (AvgIpc) is 2.88. The van der Waals surface area contributed by atoms with Gasteiger partial charge in [0, 0.05) is 39.4 Å². The Hall–Kier alpha value is -2.87. The van der Waals surface area contributed by atoms with E-state index in [-0.39, 0.29) is 23.8 Å². The molecule has 1 unspecified atom stereocenters. The molecule has 1 atom stereocenters. The number of benzene rings is 1. The summed E-state index contributed by atoms with van der Waals surface area (Å²) < 4.78 is 3.45. The maximum absolute atomic E-state index is 13.1. The molecular weight excluding hydrogens is 346 g/mol. The molecule has 2 heterocycles. The van der Waals surface area contributed by atoms with Crippen LogP contribution in [0, 0.1) is 6.92 Å². The number of carbonyl (C=O) groups is 2. The Morgan fingerprint density at radius 2 is 1.96 bits per heavy atom. The lowest BCUT2D eigenvalue weighted by Crippen LogP contribution is -2.56. The van der Waals surface area contributed by atoms with Crippen molar-refractivity contribution in [3.8, 4) is 5.69 Å². The standard InChI is InChI=1S/C19H25N5O3/c1-13-15(19(27)24(22(13)3)14-7-5-4-6-8-14)12-23-10-9-21-18(26)16(23)11-17(25)20-2/h4-8,16H,9-12H2,1-3H3,(H,20,25)(H,21,26). The fourth-order valence-electron chi connectivity index (χ4n) is 3.46. The summed E-state index contributed by atoms with van der Waals surface area (Å²) in [5, 5.41) is 5.36. The zero-order valence-electron chi connectivity index (χ0n) is 15.9. The van der Waals surface area contributed by atoms with Crippen LogP contribution in [-0.2, 0) is 23.2 Å². The molecule has 144 valence electrons. The average molecular weight is 371 g/mol. The largest absolute Gasteiger partial charge is 0.359 e. The molecule has 0 radical (unpaired) electrons. The second-order valence-electron chi connectivity index (χ2n) is 6.69. The Labute approximate surface area is 157 Å². The van der Waals surface area contributed by atoms with Gasteiger partial charge in [0.2, 0.25) is 11.8 Å². The van der Waals surface area contributed by atoms with Gasteiger partial charge in [-0.1, -0.05) is 18.2 Å². The van der Waals surface area contributed by atoms with Crippen LogP contribution in [-0.4, -0.2) is 52.3 Å². The third-order valence-corrected chi connectivity index (χ3v) is 5.13. The molecule has 2 aromatic rings. The van der Waals surface area contributed by atoms with Crippen molar-refractivity contribution in [1.82, 2.24) is 24.9 Å². The lowest BCUT2D eigenvalue weighted by molar-refractivity contribution is -0.134. The predicted molar refractivity (Wildman–Crippen MR) is 102 cm³/mol. The number of para-hydroxylation sites is 1. The highest BCUT2D eigenvalue weighted by molar-refractivity contribution is 5.88. The van der Waals surface area contributed by atoms with E-state index in [1.807, 2.05) is 53.9 Å². The summed E-state index contributed by atoms with van der Waals surface area (Å²) in [7, 11) is 3.39. The number of aromatic nitrogens is 2. The van der Waals surface area contributed by atoms with Crippen LogP contribution in [0.25, 0.3) is 5.69 Å². The fraction of sp³-hybridized carbons (Fsp3) is 0.421. The summed E-state index contributed by atoms with van der Waals surface area (Å²) in [5.74, 6) is -0.379.